The van der Waals surface area contributed by atoms with Crippen LogP contribution in [-0.2, 0) is 6.54 Å². The zero-order chi connectivity index (χ0) is 19.7. The molecule has 0 radical (unpaired) electrons. The lowest BCUT2D eigenvalue weighted by atomic mass is 10.1. The molecule has 6 heteroatoms. The van der Waals surface area contributed by atoms with Crippen LogP contribution in [0.1, 0.15) is 11.1 Å². The second-order valence-electron chi connectivity index (χ2n) is 7.29. The molecule has 28 heavy (non-hydrogen) atoms. The maximum atomic E-state index is 11.4. The van der Waals surface area contributed by atoms with Gasteiger partial charge in [0.25, 0.3) is 5.69 Å². The molecule has 4 rings (SSSR count). The van der Waals surface area contributed by atoms with Crippen LogP contribution < -0.4 is 4.90 Å². The van der Waals surface area contributed by atoms with Crippen LogP contribution in [0.15, 0.2) is 55.2 Å². The van der Waals surface area contributed by atoms with Crippen molar-refractivity contribution in [1.29, 1.82) is 0 Å². The molecule has 0 saturated carbocycles. The molecule has 0 atom stereocenters. The lowest BCUT2D eigenvalue weighted by molar-refractivity contribution is -0.384. The molecule has 1 aliphatic heterocycles. The average molecular weight is 376 g/mol. The molecule has 1 fully saturated rings. The Bertz CT molecular complexity index is 1030. The normalized spacial score (nSPS) is 15.1. The Kier molecular flexibility index (Phi) is 4.88. The van der Waals surface area contributed by atoms with E-state index >= 15 is 0 Å². The molecule has 6 nitrogen and oxygen atoms in total. The van der Waals surface area contributed by atoms with Gasteiger partial charge in [-0.15, -0.1) is 0 Å². The van der Waals surface area contributed by atoms with Gasteiger partial charge in [0.2, 0.25) is 0 Å². The van der Waals surface area contributed by atoms with E-state index in [1.54, 1.807) is 12.1 Å². The van der Waals surface area contributed by atoms with Crippen LogP contribution in [0.3, 0.4) is 0 Å². The molecule has 0 spiro atoms. The van der Waals surface area contributed by atoms with Crippen molar-refractivity contribution in [3.8, 4) is 0 Å². The average Bonchev–Trinajstić information content (AvgIpc) is 3.06. The van der Waals surface area contributed by atoms with E-state index in [4.69, 9.17) is 0 Å². The Morgan fingerprint density at radius 2 is 1.89 bits per heavy atom. The smallest absolute Gasteiger partial charge is 0.269 e. The largest absolute Gasteiger partial charge is 0.369 e. The molecule has 0 bridgehead atoms. The van der Waals surface area contributed by atoms with Crippen molar-refractivity contribution in [1.82, 2.24) is 9.47 Å². The third-order valence-corrected chi connectivity index (χ3v) is 5.50. The first-order valence-corrected chi connectivity index (χ1v) is 9.48. The molecule has 0 unspecified atom stereocenters. The summed E-state index contributed by atoms with van der Waals surface area (Å²) in [6.07, 6.45) is 3.93. The van der Waals surface area contributed by atoms with Crippen LogP contribution >= 0.6 is 0 Å². The number of likely N-dealkylation sites (N-methyl/N-ethyl adjacent to an activating group) is 1. The second kappa shape index (κ2) is 7.48. The van der Waals surface area contributed by atoms with E-state index in [1.165, 1.54) is 0 Å². The van der Waals surface area contributed by atoms with Crippen LogP contribution in [0.4, 0.5) is 11.4 Å². The molecule has 0 N–H and O–H groups in total. The number of para-hydroxylation sites is 1. The third kappa shape index (κ3) is 3.39. The van der Waals surface area contributed by atoms with Gasteiger partial charge in [0.1, 0.15) is 0 Å². The molecule has 0 amide bonds. The van der Waals surface area contributed by atoms with Crippen LogP contribution in [0.25, 0.3) is 17.0 Å². The van der Waals surface area contributed by atoms with Gasteiger partial charge in [0.05, 0.1) is 4.92 Å². The Morgan fingerprint density at radius 1 is 1.14 bits per heavy atom. The van der Waals surface area contributed by atoms with Crippen molar-refractivity contribution in [2.45, 2.75) is 6.54 Å². The summed E-state index contributed by atoms with van der Waals surface area (Å²) in [7, 11) is 2.12. The fourth-order valence-corrected chi connectivity index (χ4v) is 3.92. The quantitative estimate of drug-likeness (QED) is 0.499. The summed E-state index contributed by atoms with van der Waals surface area (Å²) < 4.78 is 2.16. The minimum Gasteiger partial charge on any atom is -0.369 e. The SMILES string of the molecule is C=Cc1cn(Cc2cc([N+](=O)[O-])ccc2N2CCN(C)CC2)c2ccccc12. The van der Waals surface area contributed by atoms with Gasteiger partial charge >= 0.3 is 0 Å². The van der Waals surface area contributed by atoms with E-state index in [9.17, 15) is 10.1 Å². The number of anilines is 1. The minimum absolute atomic E-state index is 0.133. The zero-order valence-electron chi connectivity index (χ0n) is 16.0. The number of nitrogens with zero attached hydrogens (tertiary/aromatic N) is 4. The van der Waals surface area contributed by atoms with Crippen molar-refractivity contribution in [3.63, 3.8) is 0 Å². The highest BCUT2D eigenvalue weighted by atomic mass is 16.6. The zero-order valence-corrected chi connectivity index (χ0v) is 16.0. The fourth-order valence-electron chi connectivity index (χ4n) is 3.92. The van der Waals surface area contributed by atoms with E-state index in [0.717, 1.165) is 53.9 Å². The molecule has 3 aromatic rings. The summed E-state index contributed by atoms with van der Waals surface area (Å²) in [5.41, 5.74) is 4.36. The van der Waals surface area contributed by atoms with Gasteiger partial charge in [-0.25, -0.2) is 0 Å². The molecule has 1 saturated heterocycles. The maximum absolute atomic E-state index is 11.4. The van der Waals surface area contributed by atoms with Gasteiger partial charge in [0, 0.05) is 73.2 Å². The summed E-state index contributed by atoms with van der Waals surface area (Å²) in [5, 5.41) is 12.5. The molecule has 1 aromatic heterocycles. The number of benzene rings is 2. The lowest BCUT2D eigenvalue weighted by Gasteiger charge is -2.35. The highest BCUT2D eigenvalue weighted by Gasteiger charge is 2.20. The van der Waals surface area contributed by atoms with Crippen molar-refractivity contribution < 1.29 is 4.92 Å². The molecular formula is C22H24N4O2. The van der Waals surface area contributed by atoms with Gasteiger partial charge in [0.15, 0.2) is 0 Å². The number of piperazine rings is 1. The van der Waals surface area contributed by atoms with Crippen LogP contribution in [-0.4, -0.2) is 47.6 Å². The first-order chi connectivity index (χ1) is 13.6. The van der Waals surface area contributed by atoms with Gasteiger partial charge in [-0.1, -0.05) is 30.9 Å². The van der Waals surface area contributed by atoms with E-state index < -0.39 is 0 Å². The molecule has 2 heterocycles. The topological polar surface area (TPSA) is 54.5 Å². The number of non-ortho nitro benzene ring substituents is 1. The monoisotopic (exact) mass is 376 g/mol. The first kappa shape index (κ1) is 18.3. The first-order valence-electron chi connectivity index (χ1n) is 9.48. The van der Waals surface area contributed by atoms with Gasteiger partial charge < -0.3 is 14.4 Å². The van der Waals surface area contributed by atoms with Crippen molar-refractivity contribution in [2.75, 3.05) is 38.1 Å². The lowest BCUT2D eigenvalue weighted by Crippen LogP contribution is -2.44. The maximum Gasteiger partial charge on any atom is 0.269 e. The fraction of sp³-hybridized carbons (Fsp3) is 0.273. The number of fused-ring (bicyclic) bond motifs is 1. The summed E-state index contributed by atoms with van der Waals surface area (Å²) in [5.74, 6) is 0. The van der Waals surface area contributed by atoms with Gasteiger partial charge in [-0.3, -0.25) is 10.1 Å². The summed E-state index contributed by atoms with van der Waals surface area (Å²) in [4.78, 5) is 15.7. The Balaban J connectivity index is 1.76. The van der Waals surface area contributed by atoms with E-state index in [1.807, 2.05) is 24.3 Å². The number of hydrogen-bond acceptors (Lipinski definition) is 4. The van der Waals surface area contributed by atoms with E-state index in [-0.39, 0.29) is 10.6 Å². The van der Waals surface area contributed by atoms with E-state index in [0.29, 0.717) is 6.54 Å². The second-order valence-corrected chi connectivity index (χ2v) is 7.29. The molecule has 0 aliphatic carbocycles. The summed E-state index contributed by atoms with van der Waals surface area (Å²) in [6.45, 7) is 8.33. The number of nitro benzene ring substituents is 1. The highest BCUT2D eigenvalue weighted by molar-refractivity contribution is 5.89. The predicted octanol–water partition coefficient (Wildman–Crippen LogP) is 3.99. The van der Waals surface area contributed by atoms with Gasteiger partial charge in [-0.2, -0.15) is 0 Å². The number of aromatic nitrogens is 1. The Hall–Kier alpha value is -3.12. The number of hydrogen-bond donors (Lipinski definition) is 0. The summed E-state index contributed by atoms with van der Waals surface area (Å²) in [6, 6.07) is 13.4. The number of nitro groups is 1. The summed E-state index contributed by atoms with van der Waals surface area (Å²) >= 11 is 0. The Labute approximate surface area is 164 Å². The van der Waals surface area contributed by atoms with Crippen molar-refractivity contribution in [2.24, 2.45) is 0 Å². The van der Waals surface area contributed by atoms with Crippen molar-refractivity contribution >= 4 is 28.4 Å². The number of rotatable bonds is 5. The minimum atomic E-state index is -0.319. The molecule has 2 aromatic carbocycles. The third-order valence-electron chi connectivity index (χ3n) is 5.50. The molecule has 144 valence electrons. The molecule has 1 aliphatic rings. The van der Waals surface area contributed by atoms with E-state index in [2.05, 4.69) is 46.3 Å². The highest BCUT2D eigenvalue weighted by Crippen LogP contribution is 2.30. The Morgan fingerprint density at radius 3 is 2.61 bits per heavy atom. The standard InChI is InChI=1S/C22H24N4O2/c1-3-17-15-25(22-7-5-4-6-20(17)22)16-18-14-19(26(27)28)8-9-21(18)24-12-10-23(2)11-13-24/h3-9,14-15H,1,10-13,16H2,2H3. The van der Waals surface area contributed by atoms with Gasteiger partial charge in [-0.05, 0) is 24.7 Å². The van der Waals surface area contributed by atoms with Crippen LogP contribution in [0.5, 0.6) is 0 Å². The van der Waals surface area contributed by atoms with Crippen LogP contribution in [0, 0.1) is 10.1 Å². The van der Waals surface area contributed by atoms with Crippen molar-refractivity contribution in [3.05, 3.63) is 76.5 Å². The molecular weight excluding hydrogens is 352 g/mol. The van der Waals surface area contributed by atoms with Crippen LogP contribution in [0.2, 0.25) is 0 Å². The predicted molar refractivity (Wildman–Crippen MR) is 114 cm³/mol.